The molecule has 0 saturated heterocycles. The number of aldehydes is 1. The van der Waals surface area contributed by atoms with Crippen molar-refractivity contribution in [1.82, 2.24) is 15.6 Å². The van der Waals surface area contributed by atoms with Crippen LogP contribution in [0.3, 0.4) is 0 Å². The Kier molecular flexibility index (Phi) is 8.44. The molecule has 1 aromatic heterocycles. The summed E-state index contributed by atoms with van der Waals surface area (Å²) in [5.41, 5.74) is 1.24. The Hall–Kier alpha value is -4.61. The third-order valence-electron chi connectivity index (χ3n) is 5.36. The van der Waals surface area contributed by atoms with Gasteiger partial charge in [-0.25, -0.2) is 0 Å². The first-order valence-electron chi connectivity index (χ1n) is 11.0. The van der Waals surface area contributed by atoms with Crippen molar-refractivity contribution in [1.29, 1.82) is 0 Å². The van der Waals surface area contributed by atoms with E-state index in [0.717, 1.165) is 4.90 Å². The molecule has 2 atom stereocenters. The molecule has 3 rings (SSSR count). The topological polar surface area (TPSA) is 166 Å². The highest BCUT2D eigenvalue weighted by Crippen LogP contribution is 2.33. The fraction of sp³-hybridized carbons (Fsp3) is 0.292. The third kappa shape index (κ3) is 6.50. The molecule has 188 valence electrons. The van der Waals surface area contributed by atoms with E-state index in [9.17, 15) is 28.8 Å². The molecule has 12 nitrogen and oxygen atoms in total. The lowest BCUT2D eigenvalue weighted by Crippen LogP contribution is -2.54. The van der Waals surface area contributed by atoms with Crippen LogP contribution in [0.5, 0.6) is 0 Å². The lowest BCUT2D eigenvalue weighted by molar-refractivity contribution is -0.139. The Bertz CT molecular complexity index is 1170. The molecule has 0 fully saturated rings. The van der Waals surface area contributed by atoms with Gasteiger partial charge in [-0.2, -0.15) is 0 Å². The molecule has 0 saturated carbocycles. The van der Waals surface area contributed by atoms with Crippen LogP contribution >= 0.6 is 0 Å². The maximum absolute atomic E-state index is 13.5. The number of nitrogens with one attached hydrogen (secondary N) is 2. The molecule has 36 heavy (non-hydrogen) atoms. The summed E-state index contributed by atoms with van der Waals surface area (Å²) in [6, 6.07) is 7.44. The highest BCUT2D eigenvalue weighted by Gasteiger charge is 2.37. The van der Waals surface area contributed by atoms with Gasteiger partial charge < -0.3 is 25.4 Å². The standard InChI is InChI=1S/C24H25N5O7/c1-15(31)26-18-12-28(22(33)9-16-5-4-8-25-11-16)19-6-2-3-7-20(19)29(24(18)36)13-21(32)27-17(14-30)10-23(34)35/h2-8,11,14,17-18H,9-10,12-13H2,1H3,(H,26,31)(H,27,32)(H,34,35)/t17-,18-/m0/s1. The van der Waals surface area contributed by atoms with E-state index in [2.05, 4.69) is 15.6 Å². The Labute approximate surface area is 206 Å². The molecular formula is C24H25N5O7. The minimum atomic E-state index is -1.28. The Morgan fingerprint density at radius 1 is 1.17 bits per heavy atom. The number of nitrogens with zero attached hydrogens (tertiary/aromatic N) is 3. The summed E-state index contributed by atoms with van der Waals surface area (Å²) in [5.74, 6) is -3.58. The number of benzene rings is 1. The van der Waals surface area contributed by atoms with Gasteiger partial charge in [0, 0.05) is 19.3 Å². The van der Waals surface area contributed by atoms with Crippen LogP contribution in [0, 0.1) is 0 Å². The second-order valence-corrected chi connectivity index (χ2v) is 8.12. The van der Waals surface area contributed by atoms with Crippen molar-refractivity contribution in [2.75, 3.05) is 22.9 Å². The molecule has 1 aliphatic heterocycles. The number of carbonyl (C=O) groups excluding carboxylic acids is 5. The van der Waals surface area contributed by atoms with Crippen molar-refractivity contribution in [2.24, 2.45) is 0 Å². The number of carboxylic acid groups (broad SMARTS) is 1. The molecule has 1 aromatic carbocycles. The zero-order valence-corrected chi connectivity index (χ0v) is 19.4. The fourth-order valence-electron chi connectivity index (χ4n) is 3.83. The number of anilines is 2. The molecule has 0 bridgehead atoms. The predicted octanol–water partition coefficient (Wildman–Crippen LogP) is -0.333. The van der Waals surface area contributed by atoms with E-state index < -0.39 is 48.7 Å². The number of para-hydroxylation sites is 2. The van der Waals surface area contributed by atoms with E-state index in [-0.39, 0.29) is 24.6 Å². The van der Waals surface area contributed by atoms with Crippen LogP contribution in [-0.2, 0) is 35.2 Å². The number of rotatable bonds is 9. The number of aliphatic carboxylic acids is 1. The normalized spacial score (nSPS) is 15.8. The zero-order chi connectivity index (χ0) is 26.2. The molecule has 0 aliphatic carbocycles. The van der Waals surface area contributed by atoms with Crippen LogP contribution in [0.2, 0.25) is 0 Å². The lowest BCUT2D eigenvalue weighted by Gasteiger charge is -2.25. The summed E-state index contributed by atoms with van der Waals surface area (Å²) in [4.78, 5) is 79.9. The van der Waals surface area contributed by atoms with Crippen LogP contribution in [0.15, 0.2) is 48.8 Å². The average Bonchev–Trinajstić information content (AvgIpc) is 2.94. The minimum Gasteiger partial charge on any atom is -0.481 e. The number of aromatic nitrogens is 1. The van der Waals surface area contributed by atoms with E-state index in [4.69, 9.17) is 5.11 Å². The van der Waals surface area contributed by atoms with Crippen LogP contribution < -0.4 is 20.4 Å². The molecule has 2 heterocycles. The Morgan fingerprint density at radius 2 is 1.89 bits per heavy atom. The van der Waals surface area contributed by atoms with E-state index >= 15 is 0 Å². The number of amides is 4. The Morgan fingerprint density at radius 3 is 2.50 bits per heavy atom. The number of carboxylic acids is 1. The first-order chi connectivity index (χ1) is 17.2. The Balaban J connectivity index is 1.95. The molecule has 12 heteroatoms. The molecule has 0 radical (unpaired) electrons. The van der Waals surface area contributed by atoms with E-state index in [1.54, 1.807) is 48.8 Å². The summed E-state index contributed by atoms with van der Waals surface area (Å²) in [5, 5.41) is 13.7. The first kappa shape index (κ1) is 26.0. The molecular weight excluding hydrogens is 470 g/mol. The van der Waals surface area contributed by atoms with Gasteiger partial charge in [-0.1, -0.05) is 18.2 Å². The molecule has 0 spiro atoms. The highest BCUT2D eigenvalue weighted by atomic mass is 16.4. The summed E-state index contributed by atoms with van der Waals surface area (Å²) in [6.45, 7) is 0.480. The van der Waals surface area contributed by atoms with Gasteiger partial charge in [0.05, 0.1) is 36.8 Å². The monoisotopic (exact) mass is 495 g/mol. The zero-order valence-electron chi connectivity index (χ0n) is 19.4. The van der Waals surface area contributed by atoms with Crippen molar-refractivity contribution in [3.63, 3.8) is 0 Å². The van der Waals surface area contributed by atoms with Gasteiger partial charge in [0.15, 0.2) is 0 Å². The number of hydrogen-bond donors (Lipinski definition) is 3. The SMILES string of the molecule is CC(=O)N[C@H]1CN(C(=O)Cc2cccnc2)c2ccccc2N(CC(=O)N[C@H](C=O)CC(=O)O)C1=O. The molecule has 0 unspecified atom stereocenters. The van der Waals surface area contributed by atoms with Crippen molar-refractivity contribution < 1.29 is 33.9 Å². The minimum absolute atomic E-state index is 0.0140. The average molecular weight is 495 g/mol. The smallest absolute Gasteiger partial charge is 0.305 e. The van der Waals surface area contributed by atoms with Crippen molar-refractivity contribution >= 4 is 47.3 Å². The molecule has 2 aromatic rings. The number of carbonyl (C=O) groups is 6. The molecule has 3 N–H and O–H groups in total. The van der Waals surface area contributed by atoms with Crippen LogP contribution in [0.4, 0.5) is 11.4 Å². The van der Waals surface area contributed by atoms with Gasteiger partial charge in [-0.05, 0) is 23.8 Å². The van der Waals surface area contributed by atoms with Gasteiger partial charge in [-0.15, -0.1) is 0 Å². The van der Waals surface area contributed by atoms with Gasteiger partial charge >= 0.3 is 5.97 Å². The van der Waals surface area contributed by atoms with Gasteiger partial charge in [0.1, 0.15) is 18.9 Å². The second kappa shape index (κ2) is 11.7. The maximum Gasteiger partial charge on any atom is 0.305 e. The maximum atomic E-state index is 13.5. The van der Waals surface area contributed by atoms with E-state index in [0.29, 0.717) is 17.5 Å². The first-order valence-corrected chi connectivity index (χ1v) is 11.0. The quantitative estimate of drug-likeness (QED) is 0.398. The number of fused-ring (bicyclic) bond motifs is 1. The van der Waals surface area contributed by atoms with Crippen molar-refractivity contribution in [3.8, 4) is 0 Å². The van der Waals surface area contributed by atoms with Gasteiger partial charge in [-0.3, -0.25) is 33.9 Å². The number of pyridine rings is 1. The molecule has 1 aliphatic rings. The fourth-order valence-corrected chi connectivity index (χ4v) is 3.83. The number of hydrogen-bond acceptors (Lipinski definition) is 7. The van der Waals surface area contributed by atoms with E-state index in [1.165, 1.54) is 11.8 Å². The summed E-state index contributed by atoms with van der Waals surface area (Å²) in [7, 11) is 0. The third-order valence-corrected chi connectivity index (χ3v) is 5.36. The van der Waals surface area contributed by atoms with E-state index in [1.807, 2.05) is 0 Å². The summed E-state index contributed by atoms with van der Waals surface area (Å²) < 4.78 is 0. The van der Waals surface area contributed by atoms with Crippen LogP contribution in [-0.4, -0.2) is 71.1 Å². The lowest BCUT2D eigenvalue weighted by atomic mass is 10.1. The largest absolute Gasteiger partial charge is 0.481 e. The summed E-state index contributed by atoms with van der Waals surface area (Å²) in [6.07, 6.45) is 2.79. The van der Waals surface area contributed by atoms with Crippen molar-refractivity contribution in [2.45, 2.75) is 31.8 Å². The van der Waals surface area contributed by atoms with Gasteiger partial charge in [0.25, 0.3) is 5.91 Å². The summed E-state index contributed by atoms with van der Waals surface area (Å²) >= 11 is 0. The highest BCUT2D eigenvalue weighted by molar-refractivity contribution is 6.10. The van der Waals surface area contributed by atoms with Crippen molar-refractivity contribution in [3.05, 3.63) is 54.4 Å². The van der Waals surface area contributed by atoms with Crippen LogP contribution in [0.1, 0.15) is 18.9 Å². The second-order valence-electron chi connectivity index (χ2n) is 8.12. The van der Waals surface area contributed by atoms with Gasteiger partial charge in [0.2, 0.25) is 17.7 Å². The predicted molar refractivity (Wildman–Crippen MR) is 127 cm³/mol. The van der Waals surface area contributed by atoms with Crippen LogP contribution in [0.25, 0.3) is 0 Å². The molecule has 4 amide bonds.